The maximum absolute atomic E-state index is 12.9. The topological polar surface area (TPSA) is 91.5 Å². The van der Waals surface area contributed by atoms with Gasteiger partial charge in [0, 0.05) is 17.8 Å². The van der Waals surface area contributed by atoms with Gasteiger partial charge in [-0.1, -0.05) is 17.7 Å². The van der Waals surface area contributed by atoms with E-state index in [2.05, 4.69) is 20.2 Å². The molecule has 0 saturated heterocycles. The van der Waals surface area contributed by atoms with Crippen LogP contribution in [0.1, 0.15) is 5.56 Å². The number of nitrogens with zero attached hydrogens (tertiary/aromatic N) is 2. The number of hydrogen-bond acceptors (Lipinski definition) is 4. The Labute approximate surface area is 126 Å². The van der Waals surface area contributed by atoms with E-state index >= 15 is 0 Å². The Morgan fingerprint density at radius 2 is 1.82 bits per heavy atom. The Bertz CT molecular complexity index is 1090. The maximum atomic E-state index is 12.9. The van der Waals surface area contributed by atoms with Crippen molar-refractivity contribution in [3.05, 3.63) is 48.3 Å². The molecule has 0 aliphatic heterocycles. The van der Waals surface area contributed by atoms with Gasteiger partial charge in [0.25, 0.3) is 0 Å². The number of pyridine rings is 1. The second-order valence-electron chi connectivity index (χ2n) is 5.12. The Morgan fingerprint density at radius 1 is 1.05 bits per heavy atom. The van der Waals surface area contributed by atoms with Gasteiger partial charge in [0.05, 0.1) is 15.8 Å². The van der Waals surface area contributed by atoms with Crippen molar-refractivity contribution in [1.82, 2.24) is 20.2 Å². The molecular formula is C15H12N4O2S. The summed E-state index contributed by atoms with van der Waals surface area (Å²) >= 11 is 0. The minimum Gasteiger partial charge on any atom is -0.307 e. The smallest absolute Gasteiger partial charge is 0.224 e. The van der Waals surface area contributed by atoms with Gasteiger partial charge in [-0.2, -0.15) is 0 Å². The molecule has 0 aliphatic rings. The average molecular weight is 312 g/mol. The third kappa shape index (κ3) is 1.75. The lowest BCUT2D eigenvalue weighted by Gasteiger charge is -2.06. The van der Waals surface area contributed by atoms with E-state index in [0.717, 1.165) is 10.9 Å². The maximum Gasteiger partial charge on any atom is 0.224 e. The standard InChI is InChI=1S/C15H12N4O2S/c1-9-2-4-10(5-3-9)22(20,21)15-12-8-17-19-13(12)11-6-7-16-14(11)18-15/h2-8,17,19H,1H3. The van der Waals surface area contributed by atoms with E-state index in [0.29, 0.717) is 16.6 Å². The Hall–Kier alpha value is -2.67. The Balaban J connectivity index is 2.06. The molecule has 6 nitrogen and oxygen atoms in total. The van der Waals surface area contributed by atoms with Gasteiger partial charge in [-0.05, 0) is 25.1 Å². The molecule has 0 atom stereocenters. The molecule has 7 heteroatoms. The van der Waals surface area contributed by atoms with Crippen molar-refractivity contribution < 1.29 is 8.42 Å². The summed E-state index contributed by atoms with van der Waals surface area (Å²) in [5.41, 5.74) is 2.10. The number of nitrogens with one attached hydrogen (secondary N) is 2. The average Bonchev–Trinajstić information content (AvgIpc) is 3.14. The van der Waals surface area contributed by atoms with Crippen LogP contribution in [0, 0.1) is 6.92 Å². The van der Waals surface area contributed by atoms with Crippen LogP contribution in [0.4, 0.5) is 0 Å². The SMILES string of the molecule is Cc1ccc(S(=O)(=O)c2nc3nccc3c3[nH][nH]cc23)cc1. The van der Waals surface area contributed by atoms with Crippen LogP contribution in [-0.2, 0) is 9.84 Å². The lowest BCUT2D eigenvalue weighted by atomic mass is 10.2. The molecule has 110 valence electrons. The zero-order chi connectivity index (χ0) is 15.3. The summed E-state index contributed by atoms with van der Waals surface area (Å²) in [5.74, 6) is 0. The first kappa shape index (κ1) is 13.0. The van der Waals surface area contributed by atoms with E-state index in [1.54, 1.807) is 42.7 Å². The van der Waals surface area contributed by atoms with Crippen LogP contribution in [0.3, 0.4) is 0 Å². The molecular weight excluding hydrogens is 300 g/mol. The minimum absolute atomic E-state index is 0.00931. The van der Waals surface area contributed by atoms with Crippen molar-refractivity contribution >= 4 is 31.8 Å². The molecule has 0 unspecified atom stereocenters. The van der Waals surface area contributed by atoms with Gasteiger partial charge in [0.1, 0.15) is 0 Å². The van der Waals surface area contributed by atoms with E-state index in [1.165, 1.54) is 0 Å². The van der Waals surface area contributed by atoms with Gasteiger partial charge in [-0.25, -0.2) is 18.4 Å². The molecule has 0 aliphatic carbocycles. The molecule has 4 aromatic rings. The highest BCUT2D eigenvalue weighted by molar-refractivity contribution is 7.91. The number of benzene rings is 1. The third-order valence-electron chi connectivity index (χ3n) is 3.65. The molecule has 4 rings (SSSR count). The highest BCUT2D eigenvalue weighted by Crippen LogP contribution is 2.30. The van der Waals surface area contributed by atoms with Crippen LogP contribution < -0.4 is 0 Å². The van der Waals surface area contributed by atoms with Crippen LogP contribution in [0.15, 0.2) is 52.6 Å². The number of fused-ring (bicyclic) bond motifs is 3. The quantitative estimate of drug-likeness (QED) is 0.595. The molecule has 22 heavy (non-hydrogen) atoms. The highest BCUT2D eigenvalue weighted by atomic mass is 32.2. The number of hydrogen-bond donors (Lipinski definition) is 2. The number of aryl methyl sites for hydroxylation is 1. The molecule has 3 aromatic heterocycles. The zero-order valence-electron chi connectivity index (χ0n) is 11.7. The predicted molar refractivity (Wildman–Crippen MR) is 82.4 cm³/mol. The van der Waals surface area contributed by atoms with Crippen molar-refractivity contribution in [1.29, 1.82) is 0 Å². The van der Waals surface area contributed by atoms with E-state index < -0.39 is 9.84 Å². The van der Waals surface area contributed by atoms with Crippen molar-refractivity contribution in [3.8, 4) is 0 Å². The summed E-state index contributed by atoms with van der Waals surface area (Å²) in [6.07, 6.45) is 3.22. The first-order valence-electron chi connectivity index (χ1n) is 6.69. The molecule has 0 amide bonds. The van der Waals surface area contributed by atoms with E-state index in [9.17, 15) is 8.42 Å². The molecule has 0 radical (unpaired) electrons. The number of aromatic nitrogens is 4. The van der Waals surface area contributed by atoms with Crippen LogP contribution in [0.5, 0.6) is 0 Å². The van der Waals surface area contributed by atoms with Crippen molar-refractivity contribution in [2.75, 3.05) is 0 Å². The van der Waals surface area contributed by atoms with Gasteiger partial charge < -0.3 is 5.10 Å². The van der Waals surface area contributed by atoms with E-state index in [1.807, 2.05) is 6.92 Å². The van der Waals surface area contributed by atoms with Gasteiger partial charge in [-0.3, -0.25) is 5.10 Å². The van der Waals surface area contributed by atoms with Crippen LogP contribution in [-0.4, -0.2) is 28.6 Å². The molecule has 2 N–H and O–H groups in total. The summed E-state index contributed by atoms with van der Waals surface area (Å²) in [5, 5.41) is 7.12. The third-order valence-corrected chi connectivity index (χ3v) is 5.37. The Morgan fingerprint density at radius 3 is 2.59 bits per heavy atom. The highest BCUT2D eigenvalue weighted by Gasteiger charge is 2.24. The lowest BCUT2D eigenvalue weighted by Crippen LogP contribution is -2.05. The predicted octanol–water partition coefficient (Wildman–Crippen LogP) is 2.58. The molecule has 1 aromatic carbocycles. The molecule has 0 bridgehead atoms. The zero-order valence-corrected chi connectivity index (χ0v) is 12.5. The van der Waals surface area contributed by atoms with Gasteiger partial charge in [0.15, 0.2) is 10.7 Å². The fraction of sp³-hybridized carbons (Fsp3) is 0.0667. The molecule has 0 fully saturated rings. The van der Waals surface area contributed by atoms with Gasteiger partial charge >= 0.3 is 0 Å². The second-order valence-corrected chi connectivity index (χ2v) is 6.98. The number of rotatable bonds is 2. The first-order valence-corrected chi connectivity index (χ1v) is 8.17. The summed E-state index contributed by atoms with van der Waals surface area (Å²) in [4.78, 5) is 8.61. The summed E-state index contributed by atoms with van der Waals surface area (Å²) in [6, 6.07) is 8.53. The summed E-state index contributed by atoms with van der Waals surface area (Å²) in [7, 11) is -3.71. The lowest BCUT2D eigenvalue weighted by molar-refractivity contribution is 0.594. The van der Waals surface area contributed by atoms with E-state index in [4.69, 9.17) is 0 Å². The number of H-pyrrole nitrogens is 2. The summed E-state index contributed by atoms with van der Waals surface area (Å²) < 4.78 is 25.8. The van der Waals surface area contributed by atoms with Crippen LogP contribution in [0.25, 0.3) is 21.9 Å². The normalized spacial score (nSPS) is 12.2. The van der Waals surface area contributed by atoms with Crippen LogP contribution in [0.2, 0.25) is 0 Å². The minimum atomic E-state index is -3.71. The van der Waals surface area contributed by atoms with Crippen LogP contribution >= 0.6 is 0 Å². The monoisotopic (exact) mass is 312 g/mol. The molecule has 3 heterocycles. The second kappa shape index (κ2) is 4.41. The molecule has 0 saturated carbocycles. The summed E-state index contributed by atoms with van der Waals surface area (Å²) in [6.45, 7) is 1.91. The largest absolute Gasteiger partial charge is 0.307 e. The van der Waals surface area contributed by atoms with Crippen molar-refractivity contribution in [2.45, 2.75) is 16.8 Å². The number of sulfone groups is 1. The van der Waals surface area contributed by atoms with Gasteiger partial charge in [-0.15, -0.1) is 0 Å². The Kier molecular flexibility index (Phi) is 2.61. The van der Waals surface area contributed by atoms with E-state index in [-0.39, 0.29) is 9.92 Å². The van der Waals surface area contributed by atoms with Gasteiger partial charge in [0.2, 0.25) is 9.84 Å². The number of aromatic amines is 2. The van der Waals surface area contributed by atoms with Crippen molar-refractivity contribution in [2.24, 2.45) is 0 Å². The first-order chi connectivity index (χ1) is 10.6. The van der Waals surface area contributed by atoms with Crippen molar-refractivity contribution in [3.63, 3.8) is 0 Å². The fourth-order valence-corrected chi connectivity index (χ4v) is 3.88. The fourth-order valence-electron chi connectivity index (χ4n) is 2.50. The molecule has 0 spiro atoms.